The molecule has 0 aromatic carbocycles. The molecule has 2 N–H and O–H groups in total. The molecule has 2 aromatic rings. The van der Waals surface area contributed by atoms with Gasteiger partial charge in [0.25, 0.3) is 5.91 Å². The highest BCUT2D eigenvalue weighted by atomic mass is 16.5. The Kier molecular flexibility index (Phi) is 5.94. The number of hydrogen-bond donors (Lipinski definition) is 2. The number of rotatable bonds is 7. The fourth-order valence-electron chi connectivity index (χ4n) is 3.79. The lowest BCUT2D eigenvalue weighted by Gasteiger charge is -2.15. The van der Waals surface area contributed by atoms with Crippen molar-refractivity contribution < 1.29 is 14.3 Å². The number of aromatic amines is 1. The molecule has 1 amide bonds. The molecule has 6 nitrogen and oxygen atoms in total. The SMILES string of the molecule is CCc1c(C(=O)NCc2cccnc2OC2CCCC2)[nH]c(C)c1C(C)=O. The first-order valence-electron chi connectivity index (χ1n) is 9.62. The maximum Gasteiger partial charge on any atom is 0.268 e. The molecule has 1 aliphatic carbocycles. The topological polar surface area (TPSA) is 84.1 Å². The van der Waals surface area contributed by atoms with Gasteiger partial charge in [0.1, 0.15) is 11.8 Å². The van der Waals surface area contributed by atoms with Gasteiger partial charge in [-0.25, -0.2) is 4.98 Å². The number of H-pyrrole nitrogens is 1. The third-order valence-electron chi connectivity index (χ3n) is 5.09. The molecule has 0 radical (unpaired) electrons. The Hall–Kier alpha value is -2.63. The second-order valence-corrected chi connectivity index (χ2v) is 7.06. The highest BCUT2D eigenvalue weighted by Gasteiger charge is 2.22. The second kappa shape index (κ2) is 8.37. The predicted molar refractivity (Wildman–Crippen MR) is 103 cm³/mol. The van der Waals surface area contributed by atoms with Crippen molar-refractivity contribution in [2.75, 3.05) is 0 Å². The van der Waals surface area contributed by atoms with E-state index >= 15 is 0 Å². The number of carbonyl (C=O) groups is 2. The Labute approximate surface area is 159 Å². The first kappa shape index (κ1) is 19.1. The number of amides is 1. The smallest absolute Gasteiger partial charge is 0.268 e. The minimum atomic E-state index is -0.224. The Morgan fingerprint density at radius 1 is 1.33 bits per heavy atom. The van der Waals surface area contributed by atoms with E-state index in [2.05, 4.69) is 15.3 Å². The molecule has 1 fully saturated rings. The van der Waals surface area contributed by atoms with E-state index in [4.69, 9.17) is 4.74 Å². The monoisotopic (exact) mass is 369 g/mol. The van der Waals surface area contributed by atoms with Crippen molar-refractivity contribution in [3.63, 3.8) is 0 Å². The fraction of sp³-hybridized carbons (Fsp3) is 0.476. The van der Waals surface area contributed by atoms with Gasteiger partial charge >= 0.3 is 0 Å². The largest absolute Gasteiger partial charge is 0.474 e. The Morgan fingerprint density at radius 2 is 2.07 bits per heavy atom. The normalized spacial score (nSPS) is 14.3. The quantitative estimate of drug-likeness (QED) is 0.728. The Balaban J connectivity index is 1.73. The van der Waals surface area contributed by atoms with Crippen LogP contribution in [0.1, 0.15) is 77.2 Å². The van der Waals surface area contributed by atoms with E-state index in [1.807, 2.05) is 26.0 Å². The molecule has 144 valence electrons. The van der Waals surface area contributed by atoms with Crippen molar-refractivity contribution >= 4 is 11.7 Å². The number of nitrogens with one attached hydrogen (secondary N) is 2. The highest BCUT2D eigenvalue weighted by Crippen LogP contribution is 2.25. The van der Waals surface area contributed by atoms with Gasteiger partial charge in [0.15, 0.2) is 5.78 Å². The number of carbonyl (C=O) groups excluding carboxylic acids is 2. The van der Waals surface area contributed by atoms with E-state index in [9.17, 15) is 9.59 Å². The number of aryl methyl sites for hydroxylation is 1. The van der Waals surface area contributed by atoms with Crippen molar-refractivity contribution in [1.29, 1.82) is 0 Å². The molecule has 27 heavy (non-hydrogen) atoms. The molecule has 6 heteroatoms. The fourth-order valence-corrected chi connectivity index (χ4v) is 3.79. The zero-order valence-corrected chi connectivity index (χ0v) is 16.2. The van der Waals surface area contributed by atoms with E-state index in [0.717, 1.165) is 29.7 Å². The molecule has 1 saturated carbocycles. The van der Waals surface area contributed by atoms with Crippen LogP contribution in [-0.2, 0) is 13.0 Å². The summed E-state index contributed by atoms with van der Waals surface area (Å²) in [6, 6.07) is 3.76. The second-order valence-electron chi connectivity index (χ2n) is 7.06. The maximum absolute atomic E-state index is 12.7. The molecule has 0 atom stereocenters. The van der Waals surface area contributed by atoms with E-state index in [1.54, 1.807) is 6.20 Å². The first-order valence-corrected chi connectivity index (χ1v) is 9.62. The van der Waals surface area contributed by atoms with Crippen LogP contribution >= 0.6 is 0 Å². The lowest BCUT2D eigenvalue weighted by molar-refractivity contribution is 0.0944. The molecule has 0 bridgehead atoms. The van der Waals surface area contributed by atoms with Crippen LogP contribution in [0.2, 0.25) is 0 Å². The molecule has 0 spiro atoms. The van der Waals surface area contributed by atoms with Crippen molar-refractivity contribution in [2.24, 2.45) is 0 Å². The zero-order valence-electron chi connectivity index (χ0n) is 16.2. The number of ether oxygens (including phenoxy) is 1. The average Bonchev–Trinajstić information content (AvgIpc) is 3.27. The lowest BCUT2D eigenvalue weighted by atomic mass is 10.0. The summed E-state index contributed by atoms with van der Waals surface area (Å²) in [7, 11) is 0. The van der Waals surface area contributed by atoms with Gasteiger partial charge in [-0.05, 0) is 57.6 Å². The Morgan fingerprint density at radius 3 is 2.74 bits per heavy atom. The summed E-state index contributed by atoms with van der Waals surface area (Å²) < 4.78 is 6.03. The van der Waals surface area contributed by atoms with Crippen LogP contribution in [0.5, 0.6) is 5.88 Å². The molecule has 0 saturated heterocycles. The van der Waals surface area contributed by atoms with Crippen molar-refractivity contribution in [2.45, 2.75) is 65.5 Å². The minimum Gasteiger partial charge on any atom is -0.474 e. The van der Waals surface area contributed by atoms with Gasteiger partial charge in [-0.15, -0.1) is 0 Å². The molecule has 2 heterocycles. The number of hydrogen-bond acceptors (Lipinski definition) is 4. The van der Waals surface area contributed by atoms with Gasteiger partial charge in [-0.2, -0.15) is 0 Å². The average molecular weight is 369 g/mol. The predicted octanol–water partition coefficient (Wildman–Crippen LogP) is 3.73. The maximum atomic E-state index is 12.7. The number of pyridine rings is 1. The van der Waals surface area contributed by atoms with Gasteiger partial charge in [0, 0.05) is 29.6 Å². The van der Waals surface area contributed by atoms with Gasteiger partial charge < -0.3 is 15.0 Å². The van der Waals surface area contributed by atoms with Crippen LogP contribution in [-0.4, -0.2) is 27.8 Å². The van der Waals surface area contributed by atoms with Crippen LogP contribution < -0.4 is 10.1 Å². The van der Waals surface area contributed by atoms with Crippen LogP contribution in [0.4, 0.5) is 0 Å². The minimum absolute atomic E-state index is 0.0286. The summed E-state index contributed by atoms with van der Waals surface area (Å²) in [5.41, 5.74) is 3.43. The molecule has 1 aliphatic rings. The first-order chi connectivity index (χ1) is 13.0. The Bertz CT molecular complexity index is 835. The molecular weight excluding hydrogens is 342 g/mol. The van der Waals surface area contributed by atoms with Crippen LogP contribution in [0.15, 0.2) is 18.3 Å². The van der Waals surface area contributed by atoms with E-state index in [0.29, 0.717) is 30.1 Å². The van der Waals surface area contributed by atoms with E-state index in [1.165, 1.54) is 19.8 Å². The molecule has 0 unspecified atom stereocenters. The van der Waals surface area contributed by atoms with E-state index < -0.39 is 0 Å². The third kappa shape index (κ3) is 4.21. The van der Waals surface area contributed by atoms with Gasteiger partial charge in [0.2, 0.25) is 5.88 Å². The zero-order chi connectivity index (χ0) is 19.4. The molecular formula is C21H27N3O3. The van der Waals surface area contributed by atoms with Crippen LogP contribution in [0, 0.1) is 6.92 Å². The van der Waals surface area contributed by atoms with Crippen LogP contribution in [0.3, 0.4) is 0 Å². The number of Topliss-reactive ketones (excluding diaryl/α,β-unsaturated/α-hetero) is 1. The molecule has 2 aromatic heterocycles. The van der Waals surface area contributed by atoms with Crippen molar-refractivity contribution in [1.82, 2.24) is 15.3 Å². The third-order valence-corrected chi connectivity index (χ3v) is 5.09. The lowest BCUT2D eigenvalue weighted by Crippen LogP contribution is -2.25. The summed E-state index contributed by atoms with van der Waals surface area (Å²) >= 11 is 0. The molecule has 0 aliphatic heterocycles. The van der Waals surface area contributed by atoms with Gasteiger partial charge in [0.05, 0.1) is 0 Å². The summed E-state index contributed by atoms with van der Waals surface area (Å²) in [6.45, 7) is 5.62. The summed E-state index contributed by atoms with van der Waals surface area (Å²) in [5, 5.41) is 2.93. The molecule has 3 rings (SSSR count). The van der Waals surface area contributed by atoms with Crippen molar-refractivity contribution in [3.8, 4) is 5.88 Å². The highest BCUT2D eigenvalue weighted by molar-refractivity contribution is 6.02. The number of aromatic nitrogens is 2. The van der Waals surface area contributed by atoms with Gasteiger partial charge in [-0.1, -0.05) is 13.0 Å². The number of ketones is 1. The summed E-state index contributed by atoms with van der Waals surface area (Å²) in [4.78, 5) is 32.0. The van der Waals surface area contributed by atoms with Crippen molar-refractivity contribution in [3.05, 3.63) is 46.4 Å². The summed E-state index contributed by atoms with van der Waals surface area (Å²) in [5.74, 6) is 0.338. The van der Waals surface area contributed by atoms with Gasteiger partial charge in [-0.3, -0.25) is 9.59 Å². The standard InChI is InChI=1S/C21H27N3O3/c1-4-17-18(14(3)25)13(2)24-19(17)20(26)23-12-15-8-7-11-22-21(15)27-16-9-5-6-10-16/h7-8,11,16,24H,4-6,9-10,12H2,1-3H3,(H,23,26). The number of nitrogens with zero attached hydrogens (tertiary/aromatic N) is 1. The summed E-state index contributed by atoms with van der Waals surface area (Å²) in [6.07, 6.45) is 7.02. The van der Waals surface area contributed by atoms with Crippen LogP contribution in [0.25, 0.3) is 0 Å². The van der Waals surface area contributed by atoms with E-state index in [-0.39, 0.29) is 17.8 Å².